The van der Waals surface area contributed by atoms with Crippen LogP contribution in [-0.4, -0.2) is 49.2 Å². The monoisotopic (exact) mass is 613 g/mol. The first kappa shape index (κ1) is 31.7. The number of alkyl halides is 2. The van der Waals surface area contributed by atoms with Crippen LogP contribution in [0.15, 0.2) is 24.4 Å². The zero-order chi connectivity index (χ0) is 31.2. The fourth-order valence-electron chi connectivity index (χ4n) is 7.28. The molecule has 0 saturated heterocycles. The van der Waals surface area contributed by atoms with E-state index in [0.29, 0.717) is 17.0 Å². The Labute approximate surface area is 255 Å². The number of carbonyl (C=O) groups is 2. The van der Waals surface area contributed by atoms with Crippen LogP contribution >= 0.6 is 0 Å². The van der Waals surface area contributed by atoms with Crippen molar-refractivity contribution in [2.45, 2.75) is 103 Å². The van der Waals surface area contributed by atoms with Gasteiger partial charge in [-0.2, -0.15) is 14.6 Å². The van der Waals surface area contributed by atoms with E-state index in [1.807, 2.05) is 0 Å². The highest BCUT2D eigenvalue weighted by atomic mass is 19.3. The lowest BCUT2D eigenvalue weighted by Gasteiger charge is -2.41. The van der Waals surface area contributed by atoms with Crippen molar-refractivity contribution >= 4 is 17.6 Å². The smallest absolute Gasteiger partial charge is 0.270 e. The number of aryl methyl sites for hydroxylation is 3. The number of amides is 2. The molecule has 0 aliphatic heterocycles. The van der Waals surface area contributed by atoms with Crippen LogP contribution in [0.1, 0.15) is 92.5 Å². The molecular weight excluding hydrogens is 571 g/mol. The van der Waals surface area contributed by atoms with E-state index >= 15 is 4.39 Å². The van der Waals surface area contributed by atoms with E-state index in [1.54, 1.807) is 26.0 Å². The molecule has 0 spiro atoms. The van der Waals surface area contributed by atoms with Crippen LogP contribution in [0, 0.1) is 37.5 Å². The number of hydrogen-bond donors (Lipinski definition) is 3. The van der Waals surface area contributed by atoms with Crippen molar-refractivity contribution in [3.63, 3.8) is 0 Å². The molecule has 44 heavy (non-hydrogen) atoms. The second-order valence-electron chi connectivity index (χ2n) is 12.3. The third-order valence-electron chi connectivity index (χ3n) is 9.35. The Hall–Kier alpha value is -3.70. The van der Waals surface area contributed by atoms with Gasteiger partial charge in [-0.15, -0.1) is 0 Å². The number of aromatic nitrogens is 5. The summed E-state index contributed by atoms with van der Waals surface area (Å²) in [5, 5.41) is 16.8. The molecule has 2 aliphatic rings. The molecule has 2 fully saturated rings. The lowest BCUT2D eigenvalue weighted by Crippen LogP contribution is -2.53. The molecule has 5 rings (SSSR count). The Kier molecular flexibility index (Phi) is 10.4. The summed E-state index contributed by atoms with van der Waals surface area (Å²) in [6.07, 6.45) is 8.86. The predicted octanol–water partition coefficient (Wildman–Crippen LogP) is 6.59. The van der Waals surface area contributed by atoms with Gasteiger partial charge in [0.15, 0.2) is 0 Å². The molecule has 0 unspecified atom stereocenters. The normalized spacial score (nSPS) is 17.2. The van der Waals surface area contributed by atoms with Crippen molar-refractivity contribution in [2.24, 2.45) is 17.8 Å². The predicted molar refractivity (Wildman–Crippen MR) is 161 cm³/mol. The zero-order valence-corrected chi connectivity index (χ0v) is 25.4. The minimum Gasteiger partial charge on any atom is -0.339 e. The first-order chi connectivity index (χ1) is 21.2. The lowest BCUT2D eigenvalue weighted by molar-refractivity contribution is -0.121. The van der Waals surface area contributed by atoms with Crippen molar-refractivity contribution < 1.29 is 22.8 Å². The Bertz CT molecular complexity index is 1390. The molecule has 0 radical (unpaired) electrons. The fourth-order valence-corrected chi connectivity index (χ4v) is 7.28. The van der Waals surface area contributed by atoms with Gasteiger partial charge in [0.05, 0.1) is 5.69 Å². The summed E-state index contributed by atoms with van der Waals surface area (Å²) < 4.78 is 42.4. The van der Waals surface area contributed by atoms with Gasteiger partial charge < -0.3 is 10.6 Å². The molecule has 12 heteroatoms. The summed E-state index contributed by atoms with van der Waals surface area (Å²) in [6.45, 7) is 3.45. The number of nitrogens with one attached hydrogen (secondary N) is 3. The molecule has 3 heterocycles. The van der Waals surface area contributed by atoms with Crippen molar-refractivity contribution in [3.8, 4) is 11.1 Å². The van der Waals surface area contributed by atoms with E-state index in [2.05, 4.69) is 30.9 Å². The summed E-state index contributed by atoms with van der Waals surface area (Å²) in [5.74, 6) is -1.35. The van der Waals surface area contributed by atoms with Gasteiger partial charge >= 0.3 is 0 Å². The van der Waals surface area contributed by atoms with Gasteiger partial charge in [0, 0.05) is 36.0 Å². The van der Waals surface area contributed by atoms with Crippen molar-refractivity contribution in [1.29, 1.82) is 0 Å². The minimum absolute atomic E-state index is 0.0438. The van der Waals surface area contributed by atoms with Crippen LogP contribution in [0.2, 0.25) is 0 Å². The van der Waals surface area contributed by atoms with Gasteiger partial charge in [0.1, 0.15) is 17.6 Å². The third kappa shape index (κ3) is 7.32. The molecule has 1 atom stereocenters. The number of nitrogens with zero attached hydrogens (tertiary/aromatic N) is 4. The van der Waals surface area contributed by atoms with E-state index in [1.165, 1.54) is 16.9 Å². The molecule has 3 N–H and O–H groups in total. The number of rotatable bonds is 11. The quantitative estimate of drug-likeness (QED) is 0.211. The number of pyridine rings is 1. The van der Waals surface area contributed by atoms with Gasteiger partial charge in [0.2, 0.25) is 18.3 Å². The maximum Gasteiger partial charge on any atom is 0.270 e. The van der Waals surface area contributed by atoms with Crippen molar-refractivity contribution in [2.75, 3.05) is 5.32 Å². The van der Waals surface area contributed by atoms with E-state index in [9.17, 15) is 18.4 Å². The maximum atomic E-state index is 15.3. The number of carbonyl (C=O) groups excluding carboxylic acids is 2. The highest BCUT2D eigenvalue weighted by Gasteiger charge is 2.41. The molecule has 9 nitrogen and oxygen atoms in total. The van der Waals surface area contributed by atoms with Gasteiger partial charge in [-0.3, -0.25) is 19.4 Å². The van der Waals surface area contributed by atoms with Crippen LogP contribution in [0.4, 0.5) is 19.0 Å². The van der Waals surface area contributed by atoms with Gasteiger partial charge in [0.25, 0.3) is 5.91 Å². The van der Waals surface area contributed by atoms with Crippen LogP contribution in [0.3, 0.4) is 0 Å². The second-order valence-corrected chi connectivity index (χ2v) is 12.3. The molecular formula is C32H42F3N7O2. The van der Waals surface area contributed by atoms with Crippen LogP contribution in [-0.2, 0) is 11.3 Å². The fraction of sp³-hybridized carbons (Fsp3) is 0.594. The van der Waals surface area contributed by atoms with Gasteiger partial charge in [-0.25, -0.2) is 13.8 Å². The molecule has 0 aromatic carbocycles. The summed E-state index contributed by atoms with van der Waals surface area (Å²) in [6, 6.07) is 3.67. The Morgan fingerprint density at radius 2 is 1.66 bits per heavy atom. The third-order valence-corrected chi connectivity index (χ3v) is 9.35. The molecule has 2 saturated carbocycles. The average Bonchev–Trinajstić information content (AvgIpc) is 3.63. The lowest BCUT2D eigenvalue weighted by atomic mass is 9.66. The highest BCUT2D eigenvalue weighted by molar-refractivity contribution is 6.00. The molecule has 2 aliphatic carbocycles. The standard InChI is InChI=1S/C32H42F3N7O2/c1-19-27(20(2)41-40-19)23-13-14-26(37-30(23)35)38-32(44)29(39-31(43)24-15-17-36-42(24)18-16-25(33)34)28(21-9-5-3-6-10-21)22-11-7-4-8-12-22/h13-15,17,21-22,25,28-29H,3-12,16,18H2,1-2H3,(H,39,43)(H,40,41)(H,37,38,44)/t29-/m0/s1. The summed E-state index contributed by atoms with van der Waals surface area (Å²) >= 11 is 0. The van der Waals surface area contributed by atoms with Gasteiger partial charge in [-0.05, 0) is 49.8 Å². The highest BCUT2D eigenvalue weighted by Crippen LogP contribution is 2.42. The minimum atomic E-state index is -2.53. The molecule has 3 aromatic heterocycles. The van der Waals surface area contributed by atoms with Crippen LogP contribution in [0.25, 0.3) is 11.1 Å². The Morgan fingerprint density at radius 1 is 1.00 bits per heavy atom. The maximum absolute atomic E-state index is 15.3. The summed E-state index contributed by atoms with van der Waals surface area (Å²) in [4.78, 5) is 31.9. The first-order valence-corrected chi connectivity index (χ1v) is 15.8. The molecule has 2 amide bonds. The average molecular weight is 614 g/mol. The number of halogens is 3. The van der Waals surface area contributed by atoms with Crippen molar-refractivity contribution in [1.82, 2.24) is 30.3 Å². The molecule has 3 aromatic rings. The first-order valence-electron chi connectivity index (χ1n) is 15.8. The number of anilines is 1. The second kappa shape index (κ2) is 14.4. The zero-order valence-electron chi connectivity index (χ0n) is 25.4. The topological polar surface area (TPSA) is 118 Å². The number of aromatic amines is 1. The Morgan fingerprint density at radius 3 is 2.23 bits per heavy atom. The van der Waals surface area contributed by atoms with E-state index in [4.69, 9.17) is 0 Å². The van der Waals surface area contributed by atoms with E-state index in [0.717, 1.165) is 64.2 Å². The van der Waals surface area contributed by atoms with Crippen LogP contribution < -0.4 is 10.6 Å². The van der Waals surface area contributed by atoms with E-state index < -0.39 is 36.7 Å². The van der Waals surface area contributed by atoms with Crippen molar-refractivity contribution in [3.05, 3.63) is 47.4 Å². The summed E-state index contributed by atoms with van der Waals surface area (Å²) in [5.41, 5.74) is 2.36. The largest absolute Gasteiger partial charge is 0.339 e. The van der Waals surface area contributed by atoms with Gasteiger partial charge in [-0.1, -0.05) is 64.2 Å². The SMILES string of the molecule is Cc1n[nH]c(C)c1-c1ccc(NC(=O)[C@@H](NC(=O)c2ccnn2CCC(F)F)C(C2CCCCC2)C2CCCCC2)nc1F. The Balaban J connectivity index is 1.45. The van der Waals surface area contributed by atoms with Crippen LogP contribution in [0.5, 0.6) is 0 Å². The number of H-pyrrole nitrogens is 1. The molecule has 238 valence electrons. The van der Waals surface area contributed by atoms with E-state index in [-0.39, 0.29) is 41.4 Å². The summed E-state index contributed by atoms with van der Waals surface area (Å²) in [7, 11) is 0. The molecule has 0 bridgehead atoms. The number of hydrogen-bond acceptors (Lipinski definition) is 5.